The quantitative estimate of drug-likeness (QED) is 0.396. The summed E-state index contributed by atoms with van der Waals surface area (Å²) in [6.07, 6.45) is 0.535. The minimum Gasteiger partial charge on any atom is -0.325 e. The van der Waals surface area contributed by atoms with E-state index in [0.717, 1.165) is 5.56 Å². The standard InChI is InChI=1S/C25H20FN5OS/c1-17(24(32)28-21-9-5-8-19(14-21)16-27)33-25-30-29-23(15-18-6-3-2-4-7-18)31(25)22-12-10-20(26)11-13-22/h2-14,17H,15H2,1H3,(H,28,32)/t17-/m1/s1. The van der Waals surface area contributed by atoms with Gasteiger partial charge in [0.25, 0.3) is 0 Å². The van der Waals surface area contributed by atoms with Crippen molar-refractivity contribution in [2.45, 2.75) is 23.8 Å². The zero-order valence-electron chi connectivity index (χ0n) is 17.8. The first kappa shape index (κ1) is 22.2. The van der Waals surface area contributed by atoms with E-state index in [0.29, 0.717) is 34.3 Å². The van der Waals surface area contributed by atoms with Gasteiger partial charge in [-0.2, -0.15) is 5.26 Å². The van der Waals surface area contributed by atoms with Crippen LogP contribution in [-0.2, 0) is 11.2 Å². The summed E-state index contributed by atoms with van der Waals surface area (Å²) in [5, 5.41) is 20.6. The molecule has 0 aliphatic heterocycles. The highest BCUT2D eigenvalue weighted by atomic mass is 32.2. The Balaban J connectivity index is 1.59. The number of benzene rings is 3. The van der Waals surface area contributed by atoms with Crippen LogP contribution in [0.1, 0.15) is 23.9 Å². The molecule has 4 rings (SSSR count). The van der Waals surface area contributed by atoms with Crippen molar-refractivity contribution in [3.63, 3.8) is 0 Å². The second kappa shape index (κ2) is 10.1. The van der Waals surface area contributed by atoms with Crippen LogP contribution in [0, 0.1) is 17.1 Å². The van der Waals surface area contributed by atoms with Crippen molar-refractivity contribution in [3.8, 4) is 11.8 Å². The number of aromatic nitrogens is 3. The Bertz CT molecular complexity index is 1300. The molecule has 164 valence electrons. The number of halogens is 1. The molecule has 1 atom stereocenters. The Morgan fingerprint density at radius 3 is 2.58 bits per heavy atom. The van der Waals surface area contributed by atoms with Gasteiger partial charge < -0.3 is 5.32 Å². The Morgan fingerprint density at radius 2 is 1.85 bits per heavy atom. The molecule has 1 aromatic heterocycles. The molecule has 0 saturated heterocycles. The van der Waals surface area contributed by atoms with Gasteiger partial charge >= 0.3 is 0 Å². The summed E-state index contributed by atoms with van der Waals surface area (Å²) >= 11 is 1.26. The zero-order valence-corrected chi connectivity index (χ0v) is 18.6. The number of thioether (sulfide) groups is 1. The Hall–Kier alpha value is -3.96. The number of hydrogen-bond donors (Lipinski definition) is 1. The number of nitriles is 1. The van der Waals surface area contributed by atoms with Crippen LogP contribution in [0.4, 0.5) is 10.1 Å². The SMILES string of the molecule is C[C@@H](Sc1nnc(Cc2ccccc2)n1-c1ccc(F)cc1)C(=O)Nc1cccc(C#N)c1. The van der Waals surface area contributed by atoms with Crippen LogP contribution in [0.15, 0.2) is 84.0 Å². The Labute approximate surface area is 195 Å². The monoisotopic (exact) mass is 457 g/mol. The summed E-state index contributed by atoms with van der Waals surface area (Å²) in [7, 11) is 0. The molecule has 1 amide bonds. The minimum atomic E-state index is -0.497. The van der Waals surface area contributed by atoms with E-state index in [4.69, 9.17) is 5.26 Å². The normalized spacial score (nSPS) is 11.5. The van der Waals surface area contributed by atoms with E-state index in [9.17, 15) is 9.18 Å². The topological polar surface area (TPSA) is 83.6 Å². The van der Waals surface area contributed by atoms with Gasteiger partial charge in [0.05, 0.1) is 16.9 Å². The van der Waals surface area contributed by atoms with Crippen LogP contribution in [0.3, 0.4) is 0 Å². The predicted molar refractivity (Wildman–Crippen MR) is 126 cm³/mol. The van der Waals surface area contributed by atoms with Crippen molar-refractivity contribution in [3.05, 3.63) is 102 Å². The van der Waals surface area contributed by atoms with Crippen LogP contribution in [0.25, 0.3) is 5.69 Å². The molecule has 1 N–H and O–H groups in total. The minimum absolute atomic E-state index is 0.228. The second-order valence-corrected chi connectivity index (χ2v) is 8.62. The van der Waals surface area contributed by atoms with E-state index in [-0.39, 0.29) is 11.7 Å². The predicted octanol–water partition coefficient (Wildman–Crippen LogP) is 4.99. The molecule has 33 heavy (non-hydrogen) atoms. The molecule has 0 aliphatic rings. The van der Waals surface area contributed by atoms with Gasteiger partial charge in [0.1, 0.15) is 11.6 Å². The van der Waals surface area contributed by atoms with Gasteiger partial charge in [-0.05, 0) is 55.0 Å². The molecule has 0 aliphatic carbocycles. The molecule has 6 nitrogen and oxygen atoms in total. The fourth-order valence-corrected chi connectivity index (χ4v) is 4.13. The first-order valence-electron chi connectivity index (χ1n) is 10.3. The lowest BCUT2D eigenvalue weighted by molar-refractivity contribution is -0.115. The number of nitrogens with zero attached hydrogens (tertiary/aromatic N) is 4. The maximum Gasteiger partial charge on any atom is 0.237 e. The van der Waals surface area contributed by atoms with Gasteiger partial charge in [0.2, 0.25) is 5.91 Å². The summed E-state index contributed by atoms with van der Waals surface area (Å²) in [4.78, 5) is 12.8. The molecule has 3 aromatic carbocycles. The summed E-state index contributed by atoms with van der Waals surface area (Å²) in [6, 6.07) is 24.7. The Morgan fingerprint density at radius 1 is 1.09 bits per heavy atom. The van der Waals surface area contributed by atoms with Gasteiger partial charge in [0, 0.05) is 17.8 Å². The molecular weight excluding hydrogens is 437 g/mol. The number of hydrogen-bond acceptors (Lipinski definition) is 5. The number of carbonyl (C=O) groups excluding carboxylic acids is 1. The van der Waals surface area contributed by atoms with Gasteiger partial charge in [-0.1, -0.05) is 48.2 Å². The van der Waals surface area contributed by atoms with Crippen LogP contribution >= 0.6 is 11.8 Å². The third-order valence-electron chi connectivity index (χ3n) is 4.90. The molecule has 1 heterocycles. The van der Waals surface area contributed by atoms with Crippen LogP contribution in [-0.4, -0.2) is 25.9 Å². The van der Waals surface area contributed by atoms with Gasteiger partial charge in [-0.3, -0.25) is 9.36 Å². The van der Waals surface area contributed by atoms with E-state index in [2.05, 4.69) is 21.6 Å². The lowest BCUT2D eigenvalue weighted by Crippen LogP contribution is -2.23. The van der Waals surface area contributed by atoms with E-state index in [1.54, 1.807) is 43.3 Å². The Kier molecular flexibility index (Phi) is 6.81. The molecule has 0 spiro atoms. The molecule has 4 aromatic rings. The number of rotatable bonds is 7. The zero-order chi connectivity index (χ0) is 23.2. The highest BCUT2D eigenvalue weighted by Gasteiger charge is 2.21. The fraction of sp³-hybridized carbons (Fsp3) is 0.120. The second-order valence-electron chi connectivity index (χ2n) is 7.31. The third-order valence-corrected chi connectivity index (χ3v) is 5.94. The van der Waals surface area contributed by atoms with E-state index in [1.165, 1.54) is 23.9 Å². The highest BCUT2D eigenvalue weighted by molar-refractivity contribution is 8.00. The lowest BCUT2D eigenvalue weighted by atomic mass is 10.1. The van der Waals surface area contributed by atoms with E-state index >= 15 is 0 Å². The third kappa shape index (κ3) is 5.45. The van der Waals surface area contributed by atoms with Gasteiger partial charge in [-0.15, -0.1) is 10.2 Å². The van der Waals surface area contributed by atoms with E-state index < -0.39 is 5.25 Å². The van der Waals surface area contributed by atoms with Crippen molar-refractivity contribution in [1.29, 1.82) is 5.26 Å². The molecule has 0 fully saturated rings. The average molecular weight is 458 g/mol. The first-order chi connectivity index (χ1) is 16.0. The molecular formula is C25H20FN5OS. The number of amides is 1. The molecule has 0 saturated carbocycles. The van der Waals surface area contributed by atoms with Crippen LogP contribution in [0.2, 0.25) is 0 Å². The molecule has 0 unspecified atom stereocenters. The highest BCUT2D eigenvalue weighted by Crippen LogP contribution is 2.27. The van der Waals surface area contributed by atoms with Crippen molar-refractivity contribution >= 4 is 23.4 Å². The number of carbonyl (C=O) groups is 1. The summed E-state index contributed by atoms with van der Waals surface area (Å²) in [5.74, 6) is 0.121. The van der Waals surface area contributed by atoms with Crippen molar-refractivity contribution in [1.82, 2.24) is 14.8 Å². The first-order valence-corrected chi connectivity index (χ1v) is 11.1. The number of nitrogens with one attached hydrogen (secondary N) is 1. The molecule has 0 bridgehead atoms. The van der Waals surface area contributed by atoms with Crippen molar-refractivity contribution < 1.29 is 9.18 Å². The lowest BCUT2D eigenvalue weighted by Gasteiger charge is -2.14. The average Bonchev–Trinajstić information content (AvgIpc) is 3.22. The summed E-state index contributed by atoms with van der Waals surface area (Å²) in [5.41, 5.74) is 2.79. The van der Waals surface area contributed by atoms with Gasteiger partial charge in [-0.25, -0.2) is 4.39 Å². The van der Waals surface area contributed by atoms with Crippen LogP contribution in [0.5, 0.6) is 0 Å². The van der Waals surface area contributed by atoms with Crippen molar-refractivity contribution in [2.75, 3.05) is 5.32 Å². The van der Waals surface area contributed by atoms with E-state index in [1.807, 2.05) is 34.9 Å². The largest absolute Gasteiger partial charge is 0.325 e. The smallest absolute Gasteiger partial charge is 0.237 e. The molecule has 8 heteroatoms. The maximum absolute atomic E-state index is 13.5. The molecule has 0 radical (unpaired) electrons. The van der Waals surface area contributed by atoms with Crippen LogP contribution < -0.4 is 5.32 Å². The summed E-state index contributed by atoms with van der Waals surface area (Å²) < 4.78 is 15.4. The maximum atomic E-state index is 13.5. The van der Waals surface area contributed by atoms with Gasteiger partial charge in [0.15, 0.2) is 5.16 Å². The number of anilines is 1. The fourth-order valence-electron chi connectivity index (χ4n) is 3.24. The summed E-state index contributed by atoms with van der Waals surface area (Å²) in [6.45, 7) is 1.77. The van der Waals surface area contributed by atoms with Crippen molar-refractivity contribution in [2.24, 2.45) is 0 Å².